The molecule has 0 radical (unpaired) electrons. The van der Waals surface area contributed by atoms with E-state index in [1.54, 1.807) is 42.2 Å². The highest BCUT2D eigenvalue weighted by Gasteiger charge is 2.28. The molecule has 156 valence electrons. The van der Waals surface area contributed by atoms with Crippen molar-refractivity contribution in [3.05, 3.63) is 58.9 Å². The van der Waals surface area contributed by atoms with Crippen LogP contribution in [0.25, 0.3) is 0 Å². The molecular weight excluding hydrogens is 404 g/mol. The van der Waals surface area contributed by atoms with Crippen molar-refractivity contribution in [1.82, 2.24) is 15.2 Å². The summed E-state index contributed by atoms with van der Waals surface area (Å²) in [4.78, 5) is 30.8. The molecule has 0 bridgehead atoms. The number of piperidine rings is 1. The Hall–Kier alpha value is -3.11. The third-order valence-electron chi connectivity index (χ3n) is 5.02. The van der Waals surface area contributed by atoms with Crippen LogP contribution in [0.2, 0.25) is 5.02 Å². The number of carbonyl (C=O) groups is 2. The maximum absolute atomic E-state index is 12.8. The zero-order valence-corrected chi connectivity index (χ0v) is 17.4. The molecule has 1 N–H and O–H groups in total. The normalized spacial score (nSPS) is 17.0. The van der Waals surface area contributed by atoms with Gasteiger partial charge in [0.2, 0.25) is 0 Å². The Labute approximate surface area is 180 Å². The standard InChI is InChI=1S/C22H23ClN4O3/c1-15(30-18-6-2-4-16(10-18)11-24)22(29)27-9-3-5-17(14-27)12-26-21(28)19-7-8-25-13-20(19)23/h2,4,6-8,10,13,15,17H,3,5,9,12,14H2,1H3,(H,26,28). The third-order valence-corrected chi connectivity index (χ3v) is 5.32. The highest BCUT2D eigenvalue weighted by atomic mass is 35.5. The van der Waals surface area contributed by atoms with E-state index in [9.17, 15) is 9.59 Å². The Morgan fingerprint density at radius 2 is 2.27 bits per heavy atom. The molecule has 8 heteroatoms. The Kier molecular flexibility index (Phi) is 7.26. The van der Waals surface area contributed by atoms with Gasteiger partial charge < -0.3 is 15.0 Å². The minimum absolute atomic E-state index is 0.106. The monoisotopic (exact) mass is 426 g/mol. The van der Waals surface area contributed by atoms with Crippen LogP contribution in [0.3, 0.4) is 0 Å². The fourth-order valence-electron chi connectivity index (χ4n) is 3.47. The van der Waals surface area contributed by atoms with Gasteiger partial charge in [0.25, 0.3) is 11.8 Å². The molecule has 2 heterocycles. The first-order valence-corrected chi connectivity index (χ1v) is 10.2. The van der Waals surface area contributed by atoms with Gasteiger partial charge in [-0.15, -0.1) is 0 Å². The number of aromatic nitrogens is 1. The first-order chi connectivity index (χ1) is 14.5. The van der Waals surface area contributed by atoms with Crippen LogP contribution in [0, 0.1) is 17.2 Å². The Balaban J connectivity index is 1.53. The predicted molar refractivity (Wildman–Crippen MR) is 112 cm³/mol. The van der Waals surface area contributed by atoms with E-state index >= 15 is 0 Å². The second-order valence-corrected chi connectivity index (χ2v) is 7.66. The number of carbonyl (C=O) groups excluding carboxylic acids is 2. The minimum atomic E-state index is -0.664. The third kappa shape index (κ3) is 5.49. The lowest BCUT2D eigenvalue weighted by atomic mass is 9.97. The summed E-state index contributed by atoms with van der Waals surface area (Å²) in [5.74, 6) is 0.289. The average Bonchev–Trinajstić information content (AvgIpc) is 2.77. The van der Waals surface area contributed by atoms with Gasteiger partial charge in [-0.1, -0.05) is 17.7 Å². The molecule has 30 heavy (non-hydrogen) atoms. The van der Waals surface area contributed by atoms with Crippen LogP contribution in [0.5, 0.6) is 5.75 Å². The fourth-order valence-corrected chi connectivity index (χ4v) is 3.68. The SMILES string of the molecule is CC(Oc1cccc(C#N)c1)C(=O)N1CCCC(CNC(=O)c2ccncc2Cl)C1. The molecule has 1 aliphatic rings. The second-order valence-electron chi connectivity index (χ2n) is 7.26. The molecule has 2 unspecified atom stereocenters. The van der Waals surface area contributed by atoms with Gasteiger partial charge in [0.1, 0.15) is 5.75 Å². The van der Waals surface area contributed by atoms with E-state index in [1.807, 2.05) is 0 Å². The van der Waals surface area contributed by atoms with Crippen molar-refractivity contribution in [2.45, 2.75) is 25.9 Å². The lowest BCUT2D eigenvalue weighted by Crippen LogP contribution is -2.47. The quantitative estimate of drug-likeness (QED) is 0.765. The van der Waals surface area contributed by atoms with Gasteiger partial charge >= 0.3 is 0 Å². The molecule has 1 aliphatic heterocycles. The van der Waals surface area contributed by atoms with Gasteiger partial charge in [0.15, 0.2) is 6.10 Å². The lowest BCUT2D eigenvalue weighted by Gasteiger charge is -2.34. The van der Waals surface area contributed by atoms with Crippen molar-refractivity contribution in [1.29, 1.82) is 5.26 Å². The number of halogens is 1. The van der Waals surface area contributed by atoms with Crippen LogP contribution >= 0.6 is 11.6 Å². The molecule has 2 atom stereocenters. The summed E-state index contributed by atoms with van der Waals surface area (Å²) in [5, 5.41) is 12.2. The van der Waals surface area contributed by atoms with Gasteiger partial charge in [-0.3, -0.25) is 14.6 Å². The first-order valence-electron chi connectivity index (χ1n) is 9.81. The van der Waals surface area contributed by atoms with E-state index in [0.717, 1.165) is 12.8 Å². The Bertz CT molecular complexity index is 959. The van der Waals surface area contributed by atoms with Gasteiger partial charge in [-0.2, -0.15) is 5.26 Å². The van der Waals surface area contributed by atoms with E-state index in [0.29, 0.717) is 41.5 Å². The molecular formula is C22H23ClN4O3. The number of amides is 2. The first kappa shape index (κ1) is 21.6. The highest BCUT2D eigenvalue weighted by molar-refractivity contribution is 6.33. The van der Waals surface area contributed by atoms with Crippen molar-refractivity contribution in [3.63, 3.8) is 0 Å². The number of nitrogens with zero attached hydrogens (tertiary/aromatic N) is 3. The highest BCUT2D eigenvalue weighted by Crippen LogP contribution is 2.20. The molecule has 2 amide bonds. The number of benzene rings is 1. The molecule has 0 aliphatic carbocycles. The summed E-state index contributed by atoms with van der Waals surface area (Å²) in [5.41, 5.74) is 0.868. The summed E-state index contributed by atoms with van der Waals surface area (Å²) in [6.07, 6.45) is 4.08. The van der Waals surface area contributed by atoms with Crippen molar-refractivity contribution < 1.29 is 14.3 Å². The van der Waals surface area contributed by atoms with Crippen LogP contribution in [-0.4, -0.2) is 47.4 Å². The topological polar surface area (TPSA) is 95.3 Å². The van der Waals surface area contributed by atoms with Crippen molar-refractivity contribution >= 4 is 23.4 Å². The number of hydrogen-bond donors (Lipinski definition) is 1. The van der Waals surface area contributed by atoms with Crippen molar-refractivity contribution in [3.8, 4) is 11.8 Å². The lowest BCUT2D eigenvalue weighted by molar-refractivity contribution is -0.139. The number of likely N-dealkylation sites (tertiary alicyclic amines) is 1. The molecule has 0 spiro atoms. The molecule has 2 aromatic rings. The van der Waals surface area contributed by atoms with Crippen molar-refractivity contribution in [2.24, 2.45) is 5.92 Å². The maximum atomic E-state index is 12.8. The van der Waals surface area contributed by atoms with E-state index < -0.39 is 6.10 Å². The number of nitriles is 1. The summed E-state index contributed by atoms with van der Waals surface area (Å²) in [7, 11) is 0. The molecule has 1 fully saturated rings. The summed E-state index contributed by atoms with van der Waals surface area (Å²) in [6.45, 7) is 3.37. The summed E-state index contributed by atoms with van der Waals surface area (Å²) >= 11 is 6.02. The molecule has 0 saturated carbocycles. The van der Waals surface area contributed by atoms with Crippen molar-refractivity contribution in [2.75, 3.05) is 19.6 Å². The molecule has 1 saturated heterocycles. The molecule has 1 aromatic heterocycles. The van der Waals surface area contributed by atoms with Gasteiger partial charge in [-0.25, -0.2) is 0 Å². The number of pyridine rings is 1. The summed E-state index contributed by atoms with van der Waals surface area (Å²) in [6, 6.07) is 10.4. The van der Waals surface area contributed by atoms with Crippen LogP contribution in [0.15, 0.2) is 42.7 Å². The fraction of sp³-hybridized carbons (Fsp3) is 0.364. The largest absolute Gasteiger partial charge is 0.481 e. The van der Waals surface area contributed by atoms with E-state index in [1.165, 1.54) is 12.4 Å². The zero-order valence-electron chi connectivity index (χ0n) is 16.7. The van der Waals surface area contributed by atoms with Gasteiger partial charge in [-0.05, 0) is 49.9 Å². The van der Waals surface area contributed by atoms with Gasteiger partial charge in [0, 0.05) is 32.0 Å². The van der Waals surface area contributed by atoms with Crippen LogP contribution in [0.4, 0.5) is 0 Å². The number of hydrogen-bond acceptors (Lipinski definition) is 5. The smallest absolute Gasteiger partial charge is 0.263 e. The van der Waals surface area contributed by atoms with E-state index in [2.05, 4.69) is 16.4 Å². The Morgan fingerprint density at radius 3 is 3.03 bits per heavy atom. The van der Waals surface area contributed by atoms with Crippen LogP contribution in [-0.2, 0) is 4.79 Å². The van der Waals surface area contributed by atoms with E-state index in [4.69, 9.17) is 21.6 Å². The average molecular weight is 427 g/mol. The molecule has 7 nitrogen and oxygen atoms in total. The molecule has 1 aromatic carbocycles. The van der Waals surface area contributed by atoms with E-state index in [-0.39, 0.29) is 17.7 Å². The van der Waals surface area contributed by atoms with Gasteiger partial charge in [0.05, 0.1) is 22.2 Å². The zero-order chi connectivity index (χ0) is 21.5. The number of nitrogens with one attached hydrogen (secondary N) is 1. The maximum Gasteiger partial charge on any atom is 0.263 e. The van der Waals surface area contributed by atoms with Crippen LogP contribution in [0.1, 0.15) is 35.7 Å². The predicted octanol–water partition coefficient (Wildman–Crippen LogP) is 3.04. The summed E-state index contributed by atoms with van der Waals surface area (Å²) < 4.78 is 5.74. The second kappa shape index (κ2) is 10.1. The van der Waals surface area contributed by atoms with Crippen LogP contribution < -0.4 is 10.1 Å². The Morgan fingerprint density at radius 1 is 1.43 bits per heavy atom. The number of rotatable bonds is 6. The molecule has 3 rings (SSSR count). The minimum Gasteiger partial charge on any atom is -0.481 e. The number of ether oxygens (including phenoxy) is 1.